The lowest BCUT2D eigenvalue weighted by atomic mass is 10.3. The molecule has 2 heterocycles. The summed E-state index contributed by atoms with van der Waals surface area (Å²) in [6.07, 6.45) is 1.25. The number of pyridine rings is 1. The highest BCUT2D eigenvalue weighted by Gasteiger charge is 2.21. The lowest BCUT2D eigenvalue weighted by Crippen LogP contribution is -2.31. The zero-order valence-electron chi connectivity index (χ0n) is 9.09. The molecule has 0 saturated carbocycles. The van der Waals surface area contributed by atoms with Gasteiger partial charge < -0.3 is 0 Å². The smallest absolute Gasteiger partial charge is 0.268 e. The molecule has 7 nitrogen and oxygen atoms in total. The molecule has 0 aliphatic heterocycles. The Bertz CT molecular complexity index is 715. The number of carbonyl (C=O) groups is 1. The van der Waals surface area contributed by atoms with E-state index in [0.29, 0.717) is 0 Å². The largest absolute Gasteiger partial charge is 0.281 e. The average Bonchev–Trinajstić information content (AvgIpc) is 2.81. The second-order valence-electron chi connectivity index (χ2n) is 3.33. The van der Waals surface area contributed by atoms with E-state index in [-0.39, 0.29) is 20.9 Å². The molecule has 0 spiro atoms. The molecule has 0 radical (unpaired) electrons. The van der Waals surface area contributed by atoms with Crippen LogP contribution in [0.15, 0.2) is 29.4 Å². The first-order chi connectivity index (χ1) is 8.90. The van der Waals surface area contributed by atoms with E-state index in [1.807, 2.05) is 4.72 Å². The van der Waals surface area contributed by atoms with Gasteiger partial charge in [0.05, 0.1) is 11.8 Å². The summed E-state index contributed by atoms with van der Waals surface area (Å²) >= 11 is 11.3. The van der Waals surface area contributed by atoms with Gasteiger partial charge in [0.2, 0.25) is 0 Å². The standard InChI is InChI=1S/C9H6Cl2N4O3S/c10-6-2-1-5(8(11)13-6)9(16)15-19(17,18)7-3-4-12-14-7/h1-4H,(H,12,14)(H,15,16). The van der Waals surface area contributed by atoms with Gasteiger partial charge in [-0.1, -0.05) is 23.2 Å². The minimum absolute atomic E-state index is 0.0953. The average molecular weight is 321 g/mol. The highest BCUT2D eigenvalue weighted by Crippen LogP contribution is 2.17. The van der Waals surface area contributed by atoms with Crippen LogP contribution in [-0.2, 0) is 10.0 Å². The maximum absolute atomic E-state index is 11.8. The minimum Gasteiger partial charge on any atom is -0.268 e. The summed E-state index contributed by atoms with van der Waals surface area (Å²) in [6.45, 7) is 0. The van der Waals surface area contributed by atoms with E-state index in [1.54, 1.807) is 0 Å². The predicted octanol–water partition coefficient (Wildman–Crippen LogP) is 1.23. The fraction of sp³-hybridized carbons (Fsp3) is 0. The van der Waals surface area contributed by atoms with Gasteiger partial charge in [0, 0.05) is 0 Å². The second-order valence-corrected chi connectivity index (χ2v) is 5.72. The fourth-order valence-electron chi connectivity index (χ4n) is 1.21. The number of hydrogen-bond acceptors (Lipinski definition) is 5. The molecule has 10 heteroatoms. The van der Waals surface area contributed by atoms with E-state index in [2.05, 4.69) is 15.2 Å². The van der Waals surface area contributed by atoms with E-state index >= 15 is 0 Å². The molecule has 2 aromatic heterocycles. The molecule has 2 N–H and O–H groups in total. The molecule has 2 aromatic rings. The van der Waals surface area contributed by atoms with E-state index < -0.39 is 15.9 Å². The van der Waals surface area contributed by atoms with Crippen LogP contribution >= 0.6 is 23.2 Å². The highest BCUT2D eigenvalue weighted by molar-refractivity contribution is 7.90. The summed E-state index contributed by atoms with van der Waals surface area (Å²) in [5, 5.41) is 5.39. The fourth-order valence-corrected chi connectivity index (χ4v) is 2.51. The third kappa shape index (κ3) is 3.03. The maximum Gasteiger partial charge on any atom is 0.281 e. The molecule has 2 rings (SSSR count). The number of nitrogens with zero attached hydrogens (tertiary/aromatic N) is 2. The van der Waals surface area contributed by atoms with Gasteiger partial charge in [-0.25, -0.2) is 9.71 Å². The van der Waals surface area contributed by atoms with Gasteiger partial charge in [-0.3, -0.25) is 9.89 Å². The summed E-state index contributed by atoms with van der Waals surface area (Å²) in [5.74, 6) is -0.913. The normalized spacial score (nSPS) is 11.3. The van der Waals surface area contributed by atoms with Crippen LogP contribution in [0.5, 0.6) is 0 Å². The predicted molar refractivity (Wildman–Crippen MR) is 67.5 cm³/mol. The first-order valence-electron chi connectivity index (χ1n) is 4.79. The van der Waals surface area contributed by atoms with E-state index in [9.17, 15) is 13.2 Å². The zero-order chi connectivity index (χ0) is 14.0. The van der Waals surface area contributed by atoms with Crippen molar-refractivity contribution in [3.63, 3.8) is 0 Å². The Morgan fingerprint density at radius 2 is 2.00 bits per heavy atom. The van der Waals surface area contributed by atoms with Crippen molar-refractivity contribution in [2.75, 3.05) is 0 Å². The van der Waals surface area contributed by atoms with Crippen molar-refractivity contribution >= 4 is 39.1 Å². The van der Waals surface area contributed by atoms with Crippen molar-refractivity contribution in [1.29, 1.82) is 0 Å². The van der Waals surface area contributed by atoms with Crippen LogP contribution < -0.4 is 4.72 Å². The third-order valence-electron chi connectivity index (χ3n) is 2.05. The molecular formula is C9H6Cl2N4O3S. The quantitative estimate of drug-likeness (QED) is 0.827. The molecule has 0 aliphatic rings. The van der Waals surface area contributed by atoms with Crippen LogP contribution in [0.1, 0.15) is 10.4 Å². The SMILES string of the molecule is O=C(NS(=O)(=O)c1ccn[nH]1)c1ccc(Cl)nc1Cl. The number of carbonyl (C=O) groups excluding carboxylic acids is 1. The Hall–Kier alpha value is -1.64. The van der Waals surface area contributed by atoms with Crippen LogP contribution in [0.4, 0.5) is 0 Å². The number of aromatic amines is 1. The van der Waals surface area contributed by atoms with Crippen molar-refractivity contribution < 1.29 is 13.2 Å². The Labute approximate surface area is 118 Å². The summed E-state index contributed by atoms with van der Waals surface area (Å²) in [7, 11) is -4.03. The van der Waals surface area contributed by atoms with Gasteiger partial charge in [0.25, 0.3) is 15.9 Å². The molecule has 0 fully saturated rings. The van der Waals surface area contributed by atoms with Crippen LogP contribution in [0.3, 0.4) is 0 Å². The molecule has 0 unspecified atom stereocenters. The Morgan fingerprint density at radius 1 is 1.26 bits per heavy atom. The number of sulfonamides is 1. The number of halogens is 2. The van der Waals surface area contributed by atoms with Crippen LogP contribution in [-0.4, -0.2) is 29.5 Å². The van der Waals surface area contributed by atoms with Crippen molar-refractivity contribution in [3.8, 4) is 0 Å². The van der Waals surface area contributed by atoms with Gasteiger partial charge >= 0.3 is 0 Å². The molecule has 0 aliphatic carbocycles. The number of amides is 1. The summed E-state index contributed by atoms with van der Waals surface area (Å²) in [5.41, 5.74) is -0.103. The molecule has 0 aromatic carbocycles. The molecule has 100 valence electrons. The highest BCUT2D eigenvalue weighted by atomic mass is 35.5. The van der Waals surface area contributed by atoms with Crippen molar-refractivity contribution in [2.45, 2.75) is 5.03 Å². The summed E-state index contributed by atoms with van der Waals surface area (Å²) < 4.78 is 25.4. The van der Waals surface area contributed by atoms with Crippen LogP contribution in [0.2, 0.25) is 10.3 Å². The van der Waals surface area contributed by atoms with Crippen LogP contribution in [0, 0.1) is 0 Å². The number of H-pyrrole nitrogens is 1. The van der Waals surface area contributed by atoms with E-state index in [4.69, 9.17) is 23.2 Å². The number of aromatic nitrogens is 3. The molecule has 19 heavy (non-hydrogen) atoms. The van der Waals surface area contributed by atoms with Gasteiger partial charge in [0.15, 0.2) is 5.03 Å². The molecular weight excluding hydrogens is 315 g/mol. The molecule has 1 amide bonds. The zero-order valence-corrected chi connectivity index (χ0v) is 11.4. The van der Waals surface area contributed by atoms with Gasteiger partial charge in [-0.05, 0) is 18.2 Å². The van der Waals surface area contributed by atoms with Gasteiger partial charge in [0.1, 0.15) is 10.3 Å². The van der Waals surface area contributed by atoms with Crippen molar-refractivity contribution in [1.82, 2.24) is 19.9 Å². The van der Waals surface area contributed by atoms with Crippen molar-refractivity contribution in [3.05, 3.63) is 40.3 Å². The maximum atomic E-state index is 11.8. The monoisotopic (exact) mass is 320 g/mol. The lowest BCUT2D eigenvalue weighted by Gasteiger charge is -2.06. The third-order valence-corrected chi connectivity index (χ3v) is 3.81. The topological polar surface area (TPSA) is 105 Å². The van der Waals surface area contributed by atoms with Crippen LogP contribution in [0.25, 0.3) is 0 Å². The minimum atomic E-state index is -4.03. The van der Waals surface area contributed by atoms with Gasteiger partial charge in [-0.15, -0.1) is 0 Å². The molecule has 0 atom stereocenters. The second kappa shape index (κ2) is 5.16. The lowest BCUT2D eigenvalue weighted by molar-refractivity contribution is 0.0981. The number of nitrogens with one attached hydrogen (secondary N) is 2. The Balaban J connectivity index is 2.27. The molecule has 0 saturated heterocycles. The first-order valence-corrected chi connectivity index (χ1v) is 7.02. The molecule has 0 bridgehead atoms. The van der Waals surface area contributed by atoms with E-state index in [1.165, 1.54) is 24.4 Å². The van der Waals surface area contributed by atoms with Gasteiger partial charge in [-0.2, -0.15) is 13.5 Å². The number of hydrogen-bond donors (Lipinski definition) is 2. The summed E-state index contributed by atoms with van der Waals surface area (Å²) in [4.78, 5) is 15.4. The Kier molecular flexibility index (Phi) is 3.74. The first kappa shape index (κ1) is 13.8. The van der Waals surface area contributed by atoms with Crippen molar-refractivity contribution in [2.24, 2.45) is 0 Å². The number of rotatable bonds is 3. The Morgan fingerprint density at radius 3 is 2.58 bits per heavy atom. The van der Waals surface area contributed by atoms with E-state index in [0.717, 1.165) is 0 Å². The summed E-state index contributed by atoms with van der Waals surface area (Å²) in [6, 6.07) is 3.80.